The number of fused-ring (bicyclic) bond motifs is 2. The molecule has 0 saturated heterocycles. The second-order valence-corrected chi connectivity index (χ2v) is 11.5. The van der Waals surface area contributed by atoms with Crippen molar-refractivity contribution in [2.24, 2.45) is 11.8 Å². The molecule has 5 rings (SSSR count). The van der Waals surface area contributed by atoms with E-state index in [1.165, 1.54) is 13.3 Å². The molecule has 41 heavy (non-hydrogen) atoms. The van der Waals surface area contributed by atoms with Crippen LogP contribution in [0.2, 0.25) is 0 Å². The number of hydrogen-bond donors (Lipinski definition) is 0. The molecule has 0 fully saturated rings. The predicted octanol–water partition coefficient (Wildman–Crippen LogP) is 4.64. The minimum absolute atomic E-state index is 0.117. The highest BCUT2D eigenvalue weighted by Gasteiger charge is 2.53. The summed E-state index contributed by atoms with van der Waals surface area (Å²) in [5.74, 6) is -1.40. The van der Waals surface area contributed by atoms with Crippen molar-refractivity contribution < 1.29 is 38.0 Å². The molecule has 0 saturated carbocycles. The summed E-state index contributed by atoms with van der Waals surface area (Å²) in [6.45, 7) is 7.37. The van der Waals surface area contributed by atoms with Crippen LogP contribution in [0.4, 0.5) is 0 Å². The molecule has 1 aliphatic carbocycles. The second-order valence-electron chi connectivity index (χ2n) is 11.5. The minimum Gasteiger partial charge on any atom is -0.618 e. The summed E-state index contributed by atoms with van der Waals surface area (Å²) in [6, 6.07) is 14.7. The summed E-state index contributed by atoms with van der Waals surface area (Å²) in [5.41, 5.74) is 2.76. The Morgan fingerprint density at radius 3 is 2.49 bits per heavy atom. The average molecular weight is 562 g/mol. The highest BCUT2D eigenvalue weighted by Crippen LogP contribution is 2.54. The molecule has 0 bridgehead atoms. The van der Waals surface area contributed by atoms with Crippen LogP contribution in [0.25, 0.3) is 0 Å². The highest BCUT2D eigenvalue weighted by atomic mass is 16.7. The van der Waals surface area contributed by atoms with Gasteiger partial charge in [-0.25, -0.2) is 0 Å². The Labute approximate surface area is 239 Å². The Hall–Kier alpha value is -4.27. The van der Waals surface area contributed by atoms with E-state index in [0.717, 1.165) is 27.0 Å². The fraction of sp³-hybridized carbons (Fsp3) is 0.406. The van der Waals surface area contributed by atoms with Crippen molar-refractivity contribution in [1.82, 2.24) is 0 Å². The summed E-state index contributed by atoms with van der Waals surface area (Å²) in [5, 5.41) is 13.5. The summed E-state index contributed by atoms with van der Waals surface area (Å²) in [6.07, 6.45) is 1.77. The maximum absolute atomic E-state index is 14.2. The summed E-state index contributed by atoms with van der Waals surface area (Å²) < 4.78 is 28.5. The van der Waals surface area contributed by atoms with E-state index in [4.69, 9.17) is 23.7 Å². The molecule has 0 amide bonds. The molecule has 0 spiro atoms. The van der Waals surface area contributed by atoms with E-state index in [1.807, 2.05) is 57.2 Å². The van der Waals surface area contributed by atoms with Gasteiger partial charge in [-0.05, 0) is 74.2 Å². The van der Waals surface area contributed by atoms with E-state index >= 15 is 0 Å². The van der Waals surface area contributed by atoms with E-state index in [9.17, 15) is 14.8 Å². The lowest BCUT2D eigenvalue weighted by molar-refractivity contribution is -0.614. The van der Waals surface area contributed by atoms with Crippen LogP contribution in [0.15, 0.2) is 54.7 Å². The zero-order valence-electron chi connectivity index (χ0n) is 24.1. The third-order valence-corrected chi connectivity index (χ3v) is 7.63. The van der Waals surface area contributed by atoms with E-state index in [1.54, 1.807) is 26.2 Å². The smallest absolute Gasteiger partial charge is 0.311 e. The molecule has 9 nitrogen and oxygen atoms in total. The number of esters is 2. The number of benzene rings is 2. The molecule has 2 aliphatic rings. The average Bonchev–Trinajstić information content (AvgIpc) is 3.54. The number of aromatic nitrogens is 1. The molecular weight excluding hydrogens is 526 g/mol. The molecule has 1 aromatic heterocycles. The zero-order chi connectivity index (χ0) is 29.5. The fourth-order valence-electron chi connectivity index (χ4n) is 5.93. The minimum atomic E-state index is -0.784. The largest absolute Gasteiger partial charge is 0.618 e. The molecule has 1 aliphatic heterocycles. The van der Waals surface area contributed by atoms with Gasteiger partial charge >= 0.3 is 11.9 Å². The lowest BCUT2D eigenvalue weighted by Crippen LogP contribution is -2.36. The normalized spacial score (nSPS) is 19.8. The molecule has 216 valence electrons. The Balaban J connectivity index is 1.73. The van der Waals surface area contributed by atoms with Gasteiger partial charge in [-0.2, -0.15) is 4.73 Å². The molecule has 4 atom stereocenters. The summed E-state index contributed by atoms with van der Waals surface area (Å²) in [4.78, 5) is 26.6. The number of carbonyl (C=O) groups is 2. The van der Waals surface area contributed by atoms with Crippen LogP contribution in [0, 0.1) is 17.0 Å². The Kier molecular flexibility index (Phi) is 7.55. The van der Waals surface area contributed by atoms with E-state index < -0.39 is 35.2 Å². The monoisotopic (exact) mass is 561 g/mol. The lowest BCUT2D eigenvalue weighted by Gasteiger charge is -2.29. The van der Waals surface area contributed by atoms with Gasteiger partial charge in [0.05, 0.1) is 32.0 Å². The van der Waals surface area contributed by atoms with Crippen LogP contribution >= 0.6 is 0 Å². The van der Waals surface area contributed by atoms with Gasteiger partial charge < -0.3 is 28.9 Å². The van der Waals surface area contributed by atoms with Crippen LogP contribution in [-0.2, 0) is 25.5 Å². The van der Waals surface area contributed by atoms with Crippen molar-refractivity contribution in [3.63, 3.8) is 0 Å². The molecular formula is C32H35NO8. The van der Waals surface area contributed by atoms with Crippen LogP contribution in [0.1, 0.15) is 67.5 Å². The number of methoxy groups -OCH3 is 2. The Morgan fingerprint density at radius 2 is 1.78 bits per heavy atom. The van der Waals surface area contributed by atoms with Crippen molar-refractivity contribution in [1.29, 1.82) is 0 Å². The van der Waals surface area contributed by atoms with Gasteiger partial charge in [0.1, 0.15) is 11.4 Å². The maximum Gasteiger partial charge on any atom is 0.311 e. The van der Waals surface area contributed by atoms with E-state index in [2.05, 4.69) is 0 Å². The quantitative estimate of drug-likeness (QED) is 0.233. The van der Waals surface area contributed by atoms with Crippen LogP contribution in [0.3, 0.4) is 0 Å². The first-order valence-corrected chi connectivity index (χ1v) is 13.6. The summed E-state index contributed by atoms with van der Waals surface area (Å²) in [7, 11) is 2.92. The van der Waals surface area contributed by atoms with Crippen molar-refractivity contribution in [3.8, 4) is 17.2 Å². The van der Waals surface area contributed by atoms with E-state index in [0.29, 0.717) is 29.4 Å². The van der Waals surface area contributed by atoms with Gasteiger partial charge in [-0.3, -0.25) is 9.59 Å². The van der Waals surface area contributed by atoms with Crippen LogP contribution in [-0.4, -0.2) is 38.6 Å². The van der Waals surface area contributed by atoms with Crippen molar-refractivity contribution in [3.05, 3.63) is 87.9 Å². The van der Waals surface area contributed by atoms with Gasteiger partial charge in [-0.1, -0.05) is 19.1 Å². The van der Waals surface area contributed by atoms with Crippen molar-refractivity contribution in [2.45, 2.75) is 51.6 Å². The topological polar surface area (TPSA) is 107 Å². The molecule has 0 unspecified atom stereocenters. The number of ether oxygens (including phenoxy) is 5. The molecule has 2 heterocycles. The number of rotatable bonds is 7. The maximum atomic E-state index is 14.2. The Bertz CT molecular complexity index is 1480. The number of carbonyl (C=O) groups excluding carboxylic acids is 2. The van der Waals surface area contributed by atoms with Gasteiger partial charge in [0.15, 0.2) is 17.7 Å². The fourth-order valence-corrected chi connectivity index (χ4v) is 5.93. The third-order valence-electron chi connectivity index (χ3n) is 7.63. The molecule has 2 aromatic carbocycles. The first-order chi connectivity index (χ1) is 19.5. The number of hydrogen-bond acceptors (Lipinski definition) is 8. The molecule has 0 N–H and O–H groups in total. The predicted molar refractivity (Wildman–Crippen MR) is 149 cm³/mol. The van der Waals surface area contributed by atoms with Gasteiger partial charge in [0.25, 0.3) is 0 Å². The molecule has 9 heteroatoms. The van der Waals surface area contributed by atoms with Crippen molar-refractivity contribution >= 4 is 11.9 Å². The number of pyridine rings is 1. The van der Waals surface area contributed by atoms with Crippen molar-refractivity contribution in [2.75, 3.05) is 21.0 Å². The zero-order valence-corrected chi connectivity index (χ0v) is 24.1. The third kappa shape index (κ3) is 5.40. The van der Waals surface area contributed by atoms with Crippen LogP contribution < -0.4 is 18.9 Å². The number of nitrogens with zero attached hydrogens (tertiary/aromatic N) is 1. The van der Waals surface area contributed by atoms with Crippen LogP contribution in [0.5, 0.6) is 17.2 Å². The molecule has 3 aromatic rings. The SMILES string of the molecule is COC(=O)[C@@H](C)Cc1cc(OC)ccc1[C@@H]1c2c(ccc[n+]2[O-])[C@H](c2ccc3c(c2)OCO3)[C@H]1C(=O)OC(C)(C)C. The lowest BCUT2D eigenvalue weighted by atomic mass is 9.77. The van der Waals surface area contributed by atoms with Gasteiger partial charge in [0, 0.05) is 17.5 Å². The first-order valence-electron chi connectivity index (χ1n) is 13.6. The second kappa shape index (κ2) is 11.0. The Morgan fingerprint density at radius 1 is 1.02 bits per heavy atom. The van der Waals surface area contributed by atoms with Gasteiger partial charge in [0.2, 0.25) is 12.5 Å². The summed E-state index contributed by atoms with van der Waals surface area (Å²) >= 11 is 0. The standard InChI is InChI=1S/C32H35NO8/c1-18(30(34)38-6)14-20-15-21(37-5)10-11-22(20)27-28(31(35)41-32(2,3)4)26(23-8-7-13-33(36)29(23)27)19-9-12-24-25(16-19)40-17-39-24/h7-13,15-16,18,26-28H,14,17H2,1-6H3/t18-,26-,27-,28+/m0/s1. The van der Waals surface area contributed by atoms with Gasteiger partial charge in [-0.15, -0.1) is 0 Å². The van der Waals surface area contributed by atoms with E-state index in [-0.39, 0.29) is 12.8 Å². The first kappa shape index (κ1) is 28.3. The molecule has 0 radical (unpaired) electrons. The highest BCUT2D eigenvalue weighted by molar-refractivity contribution is 5.80.